The third-order valence-corrected chi connectivity index (χ3v) is 7.13. The van der Waals surface area contributed by atoms with E-state index in [9.17, 15) is 9.59 Å². The van der Waals surface area contributed by atoms with E-state index in [4.69, 9.17) is 11.2 Å². The van der Waals surface area contributed by atoms with Crippen molar-refractivity contribution in [3.05, 3.63) is 60.3 Å². The van der Waals surface area contributed by atoms with Crippen LogP contribution >= 0.6 is 11.6 Å². The number of nitrogens with one attached hydrogen (secondary N) is 1. The molecular formula is C30H41ClN3O3+. The van der Waals surface area contributed by atoms with Crippen molar-refractivity contribution in [2.45, 2.75) is 69.8 Å². The molecule has 4 N–H and O–H groups in total. The van der Waals surface area contributed by atoms with Crippen LogP contribution in [-0.4, -0.2) is 35.9 Å². The molecule has 2 aromatic rings. The Balaban J connectivity index is 0.000000336. The van der Waals surface area contributed by atoms with Gasteiger partial charge in [-0.05, 0) is 37.0 Å². The van der Waals surface area contributed by atoms with E-state index in [2.05, 4.69) is 45.7 Å². The number of carbonyl (C=O) groups excluding carboxylic acids is 2. The molecule has 2 aliphatic rings. The third kappa shape index (κ3) is 8.59. The molecule has 200 valence electrons. The zero-order valence-corrected chi connectivity index (χ0v) is 22.9. The quantitative estimate of drug-likeness (QED) is 0.240. The molecule has 2 saturated carbocycles. The molecule has 2 fully saturated rings. The molecule has 0 radical (unpaired) electrons. The van der Waals surface area contributed by atoms with E-state index in [0.717, 1.165) is 50.6 Å². The van der Waals surface area contributed by atoms with Gasteiger partial charge in [-0.15, -0.1) is 23.9 Å². The second-order valence-electron chi connectivity index (χ2n) is 9.52. The van der Waals surface area contributed by atoms with Crippen LogP contribution in [0.3, 0.4) is 0 Å². The number of amides is 1. The number of terminal acetylenes is 1. The van der Waals surface area contributed by atoms with Crippen molar-refractivity contribution in [3.8, 4) is 12.3 Å². The number of aromatic nitrogens is 1. The average Bonchev–Trinajstić information content (AvgIpc) is 3.19. The van der Waals surface area contributed by atoms with Crippen LogP contribution in [0.2, 0.25) is 0 Å². The number of quaternary nitrogens is 1. The van der Waals surface area contributed by atoms with Crippen LogP contribution in [-0.2, 0) is 19.7 Å². The van der Waals surface area contributed by atoms with Crippen LogP contribution in [0.25, 0.3) is 0 Å². The Bertz CT molecular complexity index is 986. The SMILES string of the molecule is C#CC1CC(OC(=O)C2(c3ccccc3)CCCCCC2)C1CC[NH3+].CC(=O)Nc1ccccn1.CCl. The highest BCUT2D eigenvalue weighted by Gasteiger charge is 2.47. The van der Waals surface area contributed by atoms with Crippen LogP contribution in [0.4, 0.5) is 5.82 Å². The molecule has 1 aromatic heterocycles. The summed E-state index contributed by atoms with van der Waals surface area (Å²) in [7, 11) is 0. The molecule has 37 heavy (non-hydrogen) atoms. The van der Waals surface area contributed by atoms with Gasteiger partial charge >= 0.3 is 5.97 Å². The Morgan fingerprint density at radius 1 is 1.11 bits per heavy atom. The zero-order valence-electron chi connectivity index (χ0n) is 22.1. The highest BCUT2D eigenvalue weighted by Crippen LogP contribution is 2.43. The molecule has 6 nitrogen and oxygen atoms in total. The van der Waals surface area contributed by atoms with E-state index in [1.807, 2.05) is 24.3 Å². The fourth-order valence-corrected chi connectivity index (χ4v) is 5.18. The van der Waals surface area contributed by atoms with Gasteiger partial charge < -0.3 is 15.8 Å². The standard InChI is InChI=1S/C22H29NO2.C7H8N2O.CH3Cl/c1-2-17-16-20(19(17)12-15-23)25-21(24)22(13-8-3-4-9-14-22)18-10-6-5-7-11-18;1-6(10)9-7-4-2-3-5-8-7;1-2/h1,5-7,10-11,17,19-20H,3-4,8-9,12-16,23H2;2-5H,1H3,(H,8,9,10);1H3/p+1. The second kappa shape index (κ2) is 16.1. The minimum atomic E-state index is -0.478. The summed E-state index contributed by atoms with van der Waals surface area (Å²) < 4.78 is 6.07. The van der Waals surface area contributed by atoms with Crippen LogP contribution in [0, 0.1) is 24.2 Å². The number of hydrogen-bond acceptors (Lipinski definition) is 4. The van der Waals surface area contributed by atoms with Crippen LogP contribution in [0.5, 0.6) is 0 Å². The number of ether oxygens (including phenoxy) is 1. The number of halogens is 1. The van der Waals surface area contributed by atoms with Crippen LogP contribution in [0.1, 0.15) is 63.9 Å². The zero-order chi connectivity index (χ0) is 27.1. The molecule has 7 heteroatoms. The number of anilines is 1. The summed E-state index contributed by atoms with van der Waals surface area (Å²) in [6.45, 7) is 2.29. The first-order chi connectivity index (χ1) is 18.0. The summed E-state index contributed by atoms with van der Waals surface area (Å²) in [6, 6.07) is 15.6. The topological polar surface area (TPSA) is 95.9 Å². The summed E-state index contributed by atoms with van der Waals surface area (Å²) in [5, 5.41) is 2.55. The van der Waals surface area contributed by atoms with Crippen molar-refractivity contribution in [1.29, 1.82) is 0 Å². The van der Waals surface area contributed by atoms with Gasteiger partial charge in [0.15, 0.2) is 0 Å². The second-order valence-corrected chi connectivity index (χ2v) is 9.52. The molecule has 3 atom stereocenters. The predicted octanol–water partition coefficient (Wildman–Crippen LogP) is 4.99. The van der Waals surface area contributed by atoms with Gasteiger partial charge in [-0.3, -0.25) is 9.59 Å². The number of benzene rings is 1. The normalized spacial score (nSPS) is 21.6. The minimum Gasteiger partial charge on any atom is -0.461 e. The van der Waals surface area contributed by atoms with Gasteiger partial charge in [0.1, 0.15) is 11.9 Å². The maximum atomic E-state index is 13.3. The minimum absolute atomic E-state index is 0.0286. The van der Waals surface area contributed by atoms with Gasteiger partial charge in [-0.2, -0.15) is 0 Å². The molecule has 0 spiro atoms. The summed E-state index contributed by atoms with van der Waals surface area (Å²) in [4.78, 5) is 27.7. The summed E-state index contributed by atoms with van der Waals surface area (Å²) in [5.41, 5.74) is 4.58. The highest BCUT2D eigenvalue weighted by atomic mass is 35.5. The van der Waals surface area contributed by atoms with Crippen molar-refractivity contribution in [3.63, 3.8) is 0 Å². The van der Waals surface area contributed by atoms with Crippen LogP contribution in [0.15, 0.2) is 54.7 Å². The smallest absolute Gasteiger partial charge is 0.316 e. The van der Waals surface area contributed by atoms with E-state index in [1.54, 1.807) is 18.3 Å². The Kier molecular flexibility index (Phi) is 13.2. The fourth-order valence-electron chi connectivity index (χ4n) is 5.18. The molecular weight excluding hydrogens is 486 g/mol. The lowest BCUT2D eigenvalue weighted by molar-refractivity contribution is -0.372. The summed E-state index contributed by atoms with van der Waals surface area (Å²) >= 11 is 4.64. The van der Waals surface area contributed by atoms with Crippen molar-refractivity contribution >= 4 is 29.3 Å². The Morgan fingerprint density at radius 3 is 2.30 bits per heavy atom. The van der Waals surface area contributed by atoms with E-state index >= 15 is 0 Å². The van der Waals surface area contributed by atoms with Crippen molar-refractivity contribution in [2.75, 3.05) is 18.2 Å². The number of nitrogens with zero attached hydrogens (tertiary/aromatic N) is 1. The Labute approximate surface area is 226 Å². The van der Waals surface area contributed by atoms with E-state index in [-0.39, 0.29) is 29.8 Å². The molecule has 4 rings (SSSR count). The molecule has 1 heterocycles. The number of esters is 1. The first-order valence-corrected chi connectivity index (χ1v) is 13.8. The fraction of sp³-hybridized carbons (Fsp3) is 0.500. The van der Waals surface area contributed by atoms with E-state index in [1.165, 1.54) is 26.1 Å². The first-order valence-electron chi connectivity index (χ1n) is 13.1. The monoisotopic (exact) mass is 526 g/mol. The van der Waals surface area contributed by atoms with Crippen molar-refractivity contribution in [1.82, 2.24) is 4.98 Å². The number of rotatable bonds is 6. The number of alkyl halides is 1. The maximum Gasteiger partial charge on any atom is 0.316 e. The number of carbonyl (C=O) groups is 2. The summed E-state index contributed by atoms with van der Waals surface area (Å²) in [5.74, 6) is 3.83. The van der Waals surface area contributed by atoms with Gasteiger partial charge in [-0.1, -0.05) is 62.1 Å². The largest absolute Gasteiger partial charge is 0.461 e. The van der Waals surface area contributed by atoms with Gasteiger partial charge in [0, 0.05) is 37.8 Å². The summed E-state index contributed by atoms with van der Waals surface area (Å²) in [6.07, 6.45) is 16.8. The van der Waals surface area contributed by atoms with Gasteiger partial charge in [0.25, 0.3) is 0 Å². The van der Waals surface area contributed by atoms with E-state index in [0.29, 0.717) is 5.82 Å². The molecule has 1 amide bonds. The average molecular weight is 527 g/mol. The maximum absolute atomic E-state index is 13.3. The lowest BCUT2D eigenvalue weighted by Gasteiger charge is -2.43. The molecule has 1 aromatic carbocycles. The van der Waals surface area contributed by atoms with Crippen molar-refractivity contribution < 1.29 is 20.1 Å². The third-order valence-electron chi connectivity index (χ3n) is 7.13. The Morgan fingerprint density at radius 2 is 1.76 bits per heavy atom. The predicted molar refractivity (Wildman–Crippen MR) is 149 cm³/mol. The van der Waals surface area contributed by atoms with Gasteiger partial charge in [0.05, 0.1) is 12.0 Å². The van der Waals surface area contributed by atoms with Crippen LogP contribution < -0.4 is 11.1 Å². The van der Waals surface area contributed by atoms with Crippen molar-refractivity contribution in [2.24, 2.45) is 11.8 Å². The molecule has 0 aliphatic heterocycles. The van der Waals surface area contributed by atoms with E-state index < -0.39 is 5.41 Å². The number of hydrogen-bond donors (Lipinski definition) is 2. The molecule has 0 saturated heterocycles. The lowest BCUT2D eigenvalue weighted by atomic mass is 9.69. The molecule has 3 unspecified atom stereocenters. The van der Waals surface area contributed by atoms with Gasteiger partial charge in [-0.25, -0.2) is 4.98 Å². The first kappa shape index (κ1) is 30.3. The lowest BCUT2D eigenvalue weighted by Crippen LogP contribution is -2.55. The highest BCUT2D eigenvalue weighted by molar-refractivity contribution is 6.15. The molecule has 2 aliphatic carbocycles. The Hall–Kier alpha value is -2.88. The van der Waals surface area contributed by atoms with Gasteiger partial charge in [0.2, 0.25) is 5.91 Å². The number of pyridine rings is 1. The molecule has 0 bridgehead atoms.